The Kier molecular flexibility index (Phi) is 3.01. The van der Waals surface area contributed by atoms with Crippen LogP contribution >= 0.6 is 0 Å². The third kappa shape index (κ3) is 1.97. The van der Waals surface area contributed by atoms with E-state index in [0.717, 1.165) is 29.5 Å². The third-order valence-corrected chi connectivity index (χ3v) is 2.76. The van der Waals surface area contributed by atoms with Crippen molar-refractivity contribution in [3.63, 3.8) is 0 Å². The fourth-order valence-electron chi connectivity index (χ4n) is 1.70. The zero-order chi connectivity index (χ0) is 11.5. The summed E-state index contributed by atoms with van der Waals surface area (Å²) < 4.78 is 1.79. The van der Waals surface area contributed by atoms with Crippen LogP contribution in [0.4, 0.5) is 0 Å². The summed E-state index contributed by atoms with van der Waals surface area (Å²) in [6.07, 6.45) is 8.89. The van der Waals surface area contributed by atoms with Gasteiger partial charge in [-0.15, -0.1) is 0 Å². The van der Waals surface area contributed by atoms with Crippen LogP contribution in [0.1, 0.15) is 31.4 Å². The number of nitrogens with two attached hydrogens (primary N) is 1. The van der Waals surface area contributed by atoms with Crippen LogP contribution in [-0.4, -0.2) is 14.6 Å². The molecule has 0 saturated heterocycles. The number of aromatic nitrogens is 3. The van der Waals surface area contributed by atoms with E-state index in [1.807, 2.05) is 12.4 Å². The molecule has 0 amide bonds. The Morgan fingerprint density at radius 1 is 1.56 bits per heavy atom. The molecule has 0 aromatic carbocycles. The molecule has 2 N–H and O–H groups in total. The molecule has 0 fully saturated rings. The molecule has 1 atom stereocenters. The highest BCUT2D eigenvalue weighted by Gasteiger charge is 2.12. The molecule has 84 valence electrons. The highest BCUT2D eigenvalue weighted by atomic mass is 15.2. The van der Waals surface area contributed by atoms with Crippen LogP contribution in [0.3, 0.4) is 0 Å². The fraction of sp³-hybridized carbons (Fsp3) is 0.333. The Labute approximate surface area is 94.8 Å². The van der Waals surface area contributed by atoms with Crippen molar-refractivity contribution in [2.45, 2.75) is 25.8 Å². The topological polar surface area (TPSA) is 56.2 Å². The molecule has 16 heavy (non-hydrogen) atoms. The first kappa shape index (κ1) is 10.8. The molecular formula is C12H16N4. The highest BCUT2D eigenvalue weighted by molar-refractivity contribution is 5.53. The number of hydrogen-bond donors (Lipinski definition) is 1. The molecule has 4 nitrogen and oxygen atoms in total. The van der Waals surface area contributed by atoms with E-state index in [1.165, 1.54) is 0 Å². The summed E-state index contributed by atoms with van der Waals surface area (Å²) in [5.41, 5.74) is 9.30. The molecule has 0 aliphatic heterocycles. The summed E-state index contributed by atoms with van der Waals surface area (Å²) in [5.74, 6) is 0. The van der Waals surface area contributed by atoms with Crippen LogP contribution in [0.25, 0.3) is 5.52 Å². The number of fused-ring (bicyclic) bond motifs is 1. The summed E-state index contributed by atoms with van der Waals surface area (Å²) in [4.78, 5) is 4.09. The Balaban J connectivity index is 2.29. The normalized spacial score (nSPS) is 12.9. The van der Waals surface area contributed by atoms with Gasteiger partial charge in [0.15, 0.2) is 0 Å². The lowest BCUT2D eigenvalue weighted by Gasteiger charge is -2.10. The van der Waals surface area contributed by atoms with E-state index in [0.29, 0.717) is 0 Å². The number of rotatable bonds is 4. The lowest BCUT2D eigenvalue weighted by molar-refractivity contribution is 0.706. The maximum atomic E-state index is 6.14. The molecule has 0 radical (unpaired) electrons. The number of nitrogens with zero attached hydrogens (tertiary/aromatic N) is 3. The van der Waals surface area contributed by atoms with Crippen molar-refractivity contribution >= 4 is 5.52 Å². The molecule has 2 rings (SSSR count). The Hall–Kier alpha value is -1.68. The summed E-state index contributed by atoms with van der Waals surface area (Å²) in [5, 5.41) is 4.24. The van der Waals surface area contributed by atoms with Gasteiger partial charge in [0.2, 0.25) is 0 Å². The SMILES string of the molecule is C=C(CC)CC(N)c1cnn2ccncc12. The summed E-state index contributed by atoms with van der Waals surface area (Å²) in [6.45, 7) is 6.07. The molecule has 0 spiro atoms. The van der Waals surface area contributed by atoms with Gasteiger partial charge in [0.1, 0.15) is 0 Å². The van der Waals surface area contributed by atoms with Crippen molar-refractivity contribution in [3.8, 4) is 0 Å². The molecule has 0 aliphatic carbocycles. The van der Waals surface area contributed by atoms with Crippen LogP contribution in [-0.2, 0) is 0 Å². The molecule has 0 saturated carbocycles. The van der Waals surface area contributed by atoms with Crippen molar-refractivity contribution in [1.29, 1.82) is 0 Å². The first-order valence-electron chi connectivity index (χ1n) is 5.42. The van der Waals surface area contributed by atoms with Gasteiger partial charge in [-0.3, -0.25) is 4.98 Å². The predicted octanol–water partition coefficient (Wildman–Crippen LogP) is 2.09. The monoisotopic (exact) mass is 216 g/mol. The second kappa shape index (κ2) is 4.45. The maximum absolute atomic E-state index is 6.14. The van der Waals surface area contributed by atoms with Crippen LogP contribution < -0.4 is 5.73 Å². The van der Waals surface area contributed by atoms with E-state index in [1.54, 1.807) is 16.9 Å². The highest BCUT2D eigenvalue weighted by Crippen LogP contribution is 2.22. The molecular weight excluding hydrogens is 200 g/mol. The predicted molar refractivity (Wildman–Crippen MR) is 64.0 cm³/mol. The summed E-state index contributed by atoms with van der Waals surface area (Å²) >= 11 is 0. The van der Waals surface area contributed by atoms with Crippen molar-refractivity contribution < 1.29 is 0 Å². The average molecular weight is 216 g/mol. The molecule has 2 heterocycles. The third-order valence-electron chi connectivity index (χ3n) is 2.76. The zero-order valence-corrected chi connectivity index (χ0v) is 9.43. The first-order chi connectivity index (χ1) is 7.72. The molecule has 2 aromatic heterocycles. The van der Waals surface area contributed by atoms with Gasteiger partial charge in [0.05, 0.1) is 17.9 Å². The van der Waals surface area contributed by atoms with Gasteiger partial charge >= 0.3 is 0 Å². The van der Waals surface area contributed by atoms with Gasteiger partial charge in [-0.05, 0) is 12.8 Å². The first-order valence-corrected chi connectivity index (χ1v) is 5.42. The zero-order valence-electron chi connectivity index (χ0n) is 9.43. The van der Waals surface area contributed by atoms with Crippen molar-refractivity contribution in [3.05, 3.63) is 42.5 Å². The van der Waals surface area contributed by atoms with Crippen LogP contribution in [0.5, 0.6) is 0 Å². The van der Waals surface area contributed by atoms with Gasteiger partial charge in [0.25, 0.3) is 0 Å². The van der Waals surface area contributed by atoms with E-state index in [4.69, 9.17) is 5.73 Å². The largest absolute Gasteiger partial charge is 0.324 e. The van der Waals surface area contributed by atoms with Crippen LogP contribution in [0, 0.1) is 0 Å². The fourth-order valence-corrected chi connectivity index (χ4v) is 1.70. The lowest BCUT2D eigenvalue weighted by atomic mass is 10.0. The standard InChI is InChI=1S/C12H16N4/c1-3-9(2)6-11(13)10-7-15-16-5-4-14-8-12(10)16/h4-5,7-8,11H,2-3,6,13H2,1H3. The van der Waals surface area contributed by atoms with Crippen molar-refractivity contribution in [1.82, 2.24) is 14.6 Å². The Morgan fingerprint density at radius 3 is 3.12 bits per heavy atom. The van der Waals surface area contributed by atoms with Gasteiger partial charge in [-0.1, -0.05) is 19.1 Å². The molecule has 0 bridgehead atoms. The molecule has 1 unspecified atom stereocenters. The minimum atomic E-state index is -0.0471. The van der Waals surface area contributed by atoms with E-state index >= 15 is 0 Å². The second-order valence-electron chi connectivity index (χ2n) is 3.92. The number of hydrogen-bond acceptors (Lipinski definition) is 3. The van der Waals surface area contributed by atoms with Crippen molar-refractivity contribution in [2.24, 2.45) is 5.73 Å². The Bertz CT molecular complexity index is 500. The lowest BCUT2D eigenvalue weighted by Crippen LogP contribution is -2.10. The molecule has 0 aliphatic rings. The quantitative estimate of drug-likeness (QED) is 0.796. The van der Waals surface area contributed by atoms with E-state index in [2.05, 4.69) is 23.6 Å². The summed E-state index contributed by atoms with van der Waals surface area (Å²) in [6, 6.07) is -0.0471. The van der Waals surface area contributed by atoms with E-state index in [-0.39, 0.29) is 6.04 Å². The Morgan fingerprint density at radius 2 is 2.38 bits per heavy atom. The van der Waals surface area contributed by atoms with Gasteiger partial charge < -0.3 is 5.73 Å². The minimum Gasteiger partial charge on any atom is -0.324 e. The second-order valence-corrected chi connectivity index (χ2v) is 3.92. The maximum Gasteiger partial charge on any atom is 0.0892 e. The van der Waals surface area contributed by atoms with E-state index < -0.39 is 0 Å². The van der Waals surface area contributed by atoms with Crippen molar-refractivity contribution in [2.75, 3.05) is 0 Å². The minimum absolute atomic E-state index is 0.0471. The molecule has 4 heteroatoms. The smallest absolute Gasteiger partial charge is 0.0892 e. The average Bonchev–Trinajstić information content (AvgIpc) is 2.72. The van der Waals surface area contributed by atoms with Gasteiger partial charge in [0, 0.05) is 24.0 Å². The summed E-state index contributed by atoms with van der Waals surface area (Å²) in [7, 11) is 0. The molecule has 2 aromatic rings. The van der Waals surface area contributed by atoms with Gasteiger partial charge in [-0.2, -0.15) is 5.10 Å². The van der Waals surface area contributed by atoms with E-state index in [9.17, 15) is 0 Å². The van der Waals surface area contributed by atoms with Gasteiger partial charge in [-0.25, -0.2) is 4.52 Å². The van der Waals surface area contributed by atoms with Crippen LogP contribution in [0.2, 0.25) is 0 Å². The van der Waals surface area contributed by atoms with Crippen LogP contribution in [0.15, 0.2) is 36.9 Å².